The highest BCUT2D eigenvalue weighted by atomic mass is 32.2. The number of halogens is 1. The molecule has 1 aliphatic rings. The standard InChI is InChI=1S/C21H23FN2O3S/c1-16(28-17-7-3-2-4-8-17)21(26)27-15-20(25)24-13-11-23(12-14-24)19-10-6-5-9-18(19)22/h2-10,16H,11-15H2,1H3/t16-/m0/s1. The first-order chi connectivity index (χ1) is 13.5. The van der Waals surface area contributed by atoms with Crippen molar-refractivity contribution in [3.8, 4) is 0 Å². The van der Waals surface area contributed by atoms with Crippen LogP contribution in [0.1, 0.15) is 6.92 Å². The van der Waals surface area contributed by atoms with Gasteiger partial charge in [-0.2, -0.15) is 0 Å². The quantitative estimate of drug-likeness (QED) is 0.549. The second-order valence-corrected chi connectivity index (χ2v) is 7.91. The number of hydrogen-bond donors (Lipinski definition) is 0. The lowest BCUT2D eigenvalue weighted by atomic mass is 10.2. The van der Waals surface area contributed by atoms with Crippen molar-refractivity contribution in [2.24, 2.45) is 0 Å². The second kappa shape index (κ2) is 9.59. The van der Waals surface area contributed by atoms with Gasteiger partial charge in [-0.05, 0) is 31.2 Å². The van der Waals surface area contributed by atoms with E-state index in [1.165, 1.54) is 17.8 Å². The van der Waals surface area contributed by atoms with Crippen LogP contribution in [0.4, 0.5) is 10.1 Å². The Morgan fingerprint density at radius 1 is 1.04 bits per heavy atom. The van der Waals surface area contributed by atoms with Crippen molar-refractivity contribution < 1.29 is 18.7 Å². The molecule has 0 bridgehead atoms. The molecule has 0 aliphatic carbocycles. The van der Waals surface area contributed by atoms with Crippen LogP contribution in [0.25, 0.3) is 0 Å². The molecule has 7 heteroatoms. The summed E-state index contributed by atoms with van der Waals surface area (Å²) in [6, 6.07) is 16.2. The normalized spacial score (nSPS) is 15.2. The average molecular weight is 402 g/mol. The zero-order valence-electron chi connectivity index (χ0n) is 15.7. The van der Waals surface area contributed by atoms with Crippen LogP contribution in [-0.4, -0.2) is 54.8 Å². The Kier molecular flexibility index (Phi) is 6.92. The third kappa shape index (κ3) is 5.25. The lowest BCUT2D eigenvalue weighted by Gasteiger charge is -2.36. The van der Waals surface area contributed by atoms with Gasteiger partial charge >= 0.3 is 5.97 Å². The van der Waals surface area contributed by atoms with E-state index in [0.29, 0.717) is 31.9 Å². The number of ether oxygens (including phenoxy) is 1. The maximum absolute atomic E-state index is 13.9. The summed E-state index contributed by atoms with van der Waals surface area (Å²) in [6.45, 7) is 3.52. The molecule has 2 aromatic rings. The monoisotopic (exact) mass is 402 g/mol. The summed E-state index contributed by atoms with van der Waals surface area (Å²) < 4.78 is 19.1. The van der Waals surface area contributed by atoms with Gasteiger partial charge in [-0.1, -0.05) is 30.3 Å². The molecule has 1 aliphatic heterocycles. The highest BCUT2D eigenvalue weighted by molar-refractivity contribution is 8.00. The average Bonchev–Trinajstić information content (AvgIpc) is 2.73. The Labute approximate surface area is 168 Å². The van der Waals surface area contributed by atoms with Gasteiger partial charge in [-0.15, -0.1) is 11.8 Å². The molecule has 28 heavy (non-hydrogen) atoms. The molecule has 1 amide bonds. The number of hydrogen-bond acceptors (Lipinski definition) is 5. The number of para-hydroxylation sites is 1. The number of rotatable bonds is 6. The van der Waals surface area contributed by atoms with Gasteiger partial charge in [0, 0.05) is 31.1 Å². The van der Waals surface area contributed by atoms with Gasteiger partial charge in [0.15, 0.2) is 6.61 Å². The number of anilines is 1. The van der Waals surface area contributed by atoms with Crippen LogP contribution in [0.5, 0.6) is 0 Å². The predicted molar refractivity (Wildman–Crippen MR) is 108 cm³/mol. The molecule has 2 aromatic carbocycles. The summed E-state index contributed by atoms with van der Waals surface area (Å²) in [4.78, 5) is 29.0. The number of amides is 1. The maximum Gasteiger partial charge on any atom is 0.319 e. The third-order valence-electron chi connectivity index (χ3n) is 4.55. The molecular formula is C21H23FN2O3S. The highest BCUT2D eigenvalue weighted by Crippen LogP contribution is 2.23. The summed E-state index contributed by atoms with van der Waals surface area (Å²) in [6.07, 6.45) is 0. The Hall–Kier alpha value is -2.54. The van der Waals surface area contributed by atoms with Crippen LogP contribution < -0.4 is 4.90 Å². The zero-order valence-corrected chi connectivity index (χ0v) is 16.5. The number of esters is 1. The van der Waals surface area contributed by atoms with E-state index < -0.39 is 11.2 Å². The minimum absolute atomic E-state index is 0.224. The lowest BCUT2D eigenvalue weighted by molar-refractivity contribution is -0.151. The molecule has 0 N–H and O–H groups in total. The number of nitrogens with zero attached hydrogens (tertiary/aromatic N) is 2. The lowest BCUT2D eigenvalue weighted by Crippen LogP contribution is -2.50. The summed E-state index contributed by atoms with van der Waals surface area (Å²) >= 11 is 1.40. The smallest absolute Gasteiger partial charge is 0.319 e. The van der Waals surface area contributed by atoms with E-state index in [9.17, 15) is 14.0 Å². The van der Waals surface area contributed by atoms with Crippen LogP contribution in [0.15, 0.2) is 59.5 Å². The summed E-state index contributed by atoms with van der Waals surface area (Å²) in [5.74, 6) is -0.897. The van der Waals surface area contributed by atoms with E-state index in [4.69, 9.17) is 4.74 Å². The van der Waals surface area contributed by atoms with Crippen LogP contribution in [0.2, 0.25) is 0 Å². The Morgan fingerprint density at radius 2 is 1.68 bits per heavy atom. The highest BCUT2D eigenvalue weighted by Gasteiger charge is 2.24. The van der Waals surface area contributed by atoms with Crippen molar-refractivity contribution in [3.63, 3.8) is 0 Å². The van der Waals surface area contributed by atoms with Crippen LogP contribution in [0, 0.1) is 5.82 Å². The van der Waals surface area contributed by atoms with Gasteiger partial charge in [0.1, 0.15) is 11.1 Å². The zero-order chi connectivity index (χ0) is 19.9. The molecule has 1 heterocycles. The molecule has 0 spiro atoms. The van der Waals surface area contributed by atoms with Gasteiger partial charge < -0.3 is 14.5 Å². The predicted octanol–water partition coefficient (Wildman–Crippen LogP) is 3.20. The maximum atomic E-state index is 13.9. The summed E-state index contributed by atoms with van der Waals surface area (Å²) in [5, 5.41) is -0.395. The number of piperazine rings is 1. The molecule has 0 radical (unpaired) electrons. The number of carbonyl (C=O) groups excluding carboxylic acids is 2. The molecule has 1 fully saturated rings. The fourth-order valence-electron chi connectivity index (χ4n) is 3.00. The van der Waals surface area contributed by atoms with Crippen LogP contribution in [0.3, 0.4) is 0 Å². The number of carbonyl (C=O) groups is 2. The first-order valence-electron chi connectivity index (χ1n) is 9.20. The van der Waals surface area contributed by atoms with Crippen molar-refractivity contribution in [2.75, 3.05) is 37.7 Å². The van der Waals surface area contributed by atoms with Crippen molar-refractivity contribution in [3.05, 3.63) is 60.4 Å². The van der Waals surface area contributed by atoms with Crippen molar-refractivity contribution >= 4 is 29.3 Å². The van der Waals surface area contributed by atoms with Crippen molar-refractivity contribution in [1.29, 1.82) is 0 Å². The topological polar surface area (TPSA) is 49.9 Å². The van der Waals surface area contributed by atoms with Gasteiger partial charge in [-0.3, -0.25) is 9.59 Å². The summed E-state index contributed by atoms with van der Waals surface area (Å²) in [7, 11) is 0. The van der Waals surface area contributed by atoms with Crippen molar-refractivity contribution in [2.45, 2.75) is 17.1 Å². The molecule has 1 atom stereocenters. The van der Waals surface area contributed by atoms with Gasteiger partial charge in [0.05, 0.1) is 5.69 Å². The van der Waals surface area contributed by atoms with Crippen LogP contribution in [-0.2, 0) is 14.3 Å². The first kappa shape index (κ1) is 20.2. The van der Waals surface area contributed by atoms with E-state index in [0.717, 1.165) is 4.90 Å². The third-order valence-corrected chi connectivity index (χ3v) is 5.64. The molecule has 0 aromatic heterocycles. The molecule has 5 nitrogen and oxygen atoms in total. The Bertz CT molecular complexity index is 810. The molecule has 0 unspecified atom stereocenters. The molecule has 1 saturated heterocycles. The largest absolute Gasteiger partial charge is 0.455 e. The molecule has 3 rings (SSSR count). The minimum Gasteiger partial charge on any atom is -0.455 e. The second-order valence-electron chi connectivity index (χ2n) is 6.50. The van der Waals surface area contributed by atoms with E-state index in [1.807, 2.05) is 35.2 Å². The molecule has 148 valence electrons. The molecule has 0 saturated carbocycles. The van der Waals surface area contributed by atoms with Gasteiger partial charge in [-0.25, -0.2) is 4.39 Å². The Balaban J connectivity index is 1.43. The Morgan fingerprint density at radius 3 is 2.36 bits per heavy atom. The van der Waals surface area contributed by atoms with Crippen molar-refractivity contribution in [1.82, 2.24) is 4.90 Å². The van der Waals surface area contributed by atoms with E-state index >= 15 is 0 Å². The fraction of sp³-hybridized carbons (Fsp3) is 0.333. The van der Waals surface area contributed by atoms with E-state index in [2.05, 4.69) is 0 Å². The number of benzene rings is 2. The summed E-state index contributed by atoms with van der Waals surface area (Å²) in [5.41, 5.74) is 0.549. The van der Waals surface area contributed by atoms with E-state index in [-0.39, 0.29) is 18.3 Å². The molecular weight excluding hydrogens is 379 g/mol. The number of thioether (sulfide) groups is 1. The van der Waals surface area contributed by atoms with Gasteiger partial charge in [0.25, 0.3) is 5.91 Å². The van der Waals surface area contributed by atoms with Gasteiger partial charge in [0.2, 0.25) is 0 Å². The minimum atomic E-state index is -0.410. The first-order valence-corrected chi connectivity index (χ1v) is 10.1. The SMILES string of the molecule is C[C@H](Sc1ccccc1)C(=O)OCC(=O)N1CCN(c2ccccc2F)CC1. The van der Waals surface area contributed by atoms with E-state index in [1.54, 1.807) is 30.0 Å². The fourth-order valence-corrected chi connectivity index (χ4v) is 3.88. The van der Waals surface area contributed by atoms with Crippen LogP contribution >= 0.6 is 11.8 Å².